The largest absolute Gasteiger partial charge is 0.446 e. The van der Waals surface area contributed by atoms with E-state index in [0.717, 1.165) is 5.69 Å². The van der Waals surface area contributed by atoms with E-state index in [1.807, 2.05) is 6.92 Å². The molecule has 0 aliphatic carbocycles. The number of alkyl halides is 3. The van der Waals surface area contributed by atoms with Crippen molar-refractivity contribution in [3.63, 3.8) is 0 Å². The molecule has 0 bridgehead atoms. The van der Waals surface area contributed by atoms with Crippen molar-refractivity contribution in [2.75, 3.05) is 5.32 Å². The van der Waals surface area contributed by atoms with Crippen LogP contribution in [0.15, 0.2) is 35.2 Å². The van der Waals surface area contributed by atoms with Crippen LogP contribution in [0.5, 0.6) is 0 Å². The zero-order chi connectivity index (χ0) is 15.6. The molecule has 1 N–H and O–H groups in total. The van der Waals surface area contributed by atoms with Gasteiger partial charge in [-0.1, -0.05) is 0 Å². The fraction of sp³-hybridized carbons (Fsp3) is 0.333. The number of nitrogens with one attached hydrogen (secondary N) is 1. The molecule has 0 radical (unpaired) electrons. The van der Waals surface area contributed by atoms with Crippen LogP contribution in [0.2, 0.25) is 0 Å². The lowest BCUT2D eigenvalue weighted by molar-refractivity contribution is -0.0328. The molecule has 0 saturated heterocycles. The van der Waals surface area contributed by atoms with Gasteiger partial charge < -0.3 is 5.32 Å². The molecule has 0 spiro atoms. The average molecular weight is 331 g/mol. The Bertz CT molecular complexity index is 602. The third-order valence-corrected chi connectivity index (χ3v) is 4.74. The van der Waals surface area contributed by atoms with Crippen LogP contribution in [0.25, 0.3) is 0 Å². The summed E-state index contributed by atoms with van der Waals surface area (Å²) in [5.41, 5.74) is -2.20. The van der Waals surface area contributed by atoms with Gasteiger partial charge in [0, 0.05) is 26.4 Å². The Kier molecular flexibility index (Phi) is 4.88. The third-order valence-electron chi connectivity index (χ3n) is 3.02. The summed E-state index contributed by atoms with van der Waals surface area (Å²) < 4.78 is 36.8. The van der Waals surface area contributed by atoms with Gasteiger partial charge in [0.25, 0.3) is 0 Å². The minimum atomic E-state index is -4.24. The van der Waals surface area contributed by atoms with E-state index in [4.69, 9.17) is 0 Å². The molecular weight excluding hydrogens is 315 g/mol. The van der Waals surface area contributed by atoms with Gasteiger partial charge in [0.05, 0.1) is 0 Å². The quantitative estimate of drug-likeness (QED) is 0.674. The Morgan fingerprint density at radius 1 is 1.14 bits per heavy atom. The molecule has 1 unspecified atom stereocenters. The standard InChI is InChI=1S/C15H16F3NS2/c1-9-8-14(11(3)20-9)10(2)19-12-4-6-13(7-5-12)21-15(16,17)18/h4-8,10,19H,1-3H3. The maximum atomic E-state index is 12.3. The fourth-order valence-electron chi connectivity index (χ4n) is 2.16. The summed E-state index contributed by atoms with van der Waals surface area (Å²) in [5, 5.41) is 3.32. The first-order valence-electron chi connectivity index (χ1n) is 6.44. The topological polar surface area (TPSA) is 12.0 Å². The number of thioether (sulfide) groups is 1. The lowest BCUT2D eigenvalue weighted by Gasteiger charge is -2.16. The summed E-state index contributed by atoms with van der Waals surface area (Å²) in [6.07, 6.45) is 0. The van der Waals surface area contributed by atoms with Crippen LogP contribution >= 0.6 is 23.1 Å². The zero-order valence-corrected chi connectivity index (χ0v) is 13.5. The first-order chi connectivity index (χ1) is 9.74. The molecule has 2 aromatic rings. The van der Waals surface area contributed by atoms with Crippen LogP contribution in [-0.2, 0) is 0 Å². The van der Waals surface area contributed by atoms with Crippen molar-refractivity contribution in [3.05, 3.63) is 45.6 Å². The number of anilines is 1. The minimum absolute atomic E-state index is 0.0956. The number of benzene rings is 1. The van der Waals surface area contributed by atoms with Crippen molar-refractivity contribution in [2.45, 2.75) is 37.2 Å². The van der Waals surface area contributed by atoms with Crippen molar-refractivity contribution in [2.24, 2.45) is 0 Å². The van der Waals surface area contributed by atoms with E-state index in [-0.39, 0.29) is 22.7 Å². The van der Waals surface area contributed by atoms with E-state index < -0.39 is 5.51 Å². The van der Waals surface area contributed by atoms with Crippen molar-refractivity contribution in [1.82, 2.24) is 0 Å². The summed E-state index contributed by atoms with van der Waals surface area (Å²) in [4.78, 5) is 2.72. The molecule has 0 fully saturated rings. The summed E-state index contributed by atoms with van der Waals surface area (Å²) in [5.74, 6) is 0. The highest BCUT2D eigenvalue weighted by Gasteiger charge is 2.29. The molecule has 1 heterocycles. The normalized spacial score (nSPS) is 13.2. The van der Waals surface area contributed by atoms with Gasteiger partial charge in [-0.25, -0.2) is 0 Å². The van der Waals surface area contributed by atoms with Gasteiger partial charge >= 0.3 is 5.51 Å². The third kappa shape index (κ3) is 4.68. The highest BCUT2D eigenvalue weighted by Crippen LogP contribution is 2.37. The highest BCUT2D eigenvalue weighted by molar-refractivity contribution is 8.00. The Morgan fingerprint density at radius 2 is 1.76 bits per heavy atom. The summed E-state index contributed by atoms with van der Waals surface area (Å²) in [7, 11) is 0. The lowest BCUT2D eigenvalue weighted by atomic mass is 10.1. The predicted octanol–water partition coefficient (Wildman–Crippen LogP) is 6.15. The first kappa shape index (κ1) is 16.2. The van der Waals surface area contributed by atoms with Crippen LogP contribution in [0.1, 0.15) is 28.3 Å². The molecule has 6 heteroatoms. The number of hydrogen-bond acceptors (Lipinski definition) is 3. The van der Waals surface area contributed by atoms with Gasteiger partial charge in [-0.05, 0) is 68.4 Å². The molecule has 1 aromatic heterocycles. The minimum Gasteiger partial charge on any atom is -0.378 e. The molecule has 0 saturated carbocycles. The molecule has 1 aromatic carbocycles. The van der Waals surface area contributed by atoms with E-state index in [9.17, 15) is 13.2 Å². The van der Waals surface area contributed by atoms with Crippen molar-refractivity contribution < 1.29 is 13.2 Å². The summed E-state index contributed by atoms with van der Waals surface area (Å²) >= 11 is 1.65. The first-order valence-corrected chi connectivity index (χ1v) is 8.07. The van der Waals surface area contributed by atoms with Gasteiger partial charge in [0.2, 0.25) is 0 Å². The molecule has 1 atom stereocenters. The van der Waals surface area contributed by atoms with Crippen LogP contribution in [0, 0.1) is 13.8 Å². The number of halogens is 3. The van der Waals surface area contributed by atoms with Crippen LogP contribution in [-0.4, -0.2) is 5.51 Å². The number of aryl methyl sites for hydroxylation is 2. The molecule has 21 heavy (non-hydrogen) atoms. The Balaban J connectivity index is 2.05. The summed E-state index contributed by atoms with van der Waals surface area (Å²) in [6.45, 7) is 6.19. The second kappa shape index (κ2) is 6.32. The van der Waals surface area contributed by atoms with Gasteiger partial charge in [-0.15, -0.1) is 11.3 Å². The SMILES string of the molecule is Cc1cc(C(C)Nc2ccc(SC(F)(F)F)cc2)c(C)s1. The van der Waals surface area contributed by atoms with E-state index in [0.29, 0.717) is 0 Å². The van der Waals surface area contributed by atoms with E-state index in [2.05, 4.69) is 25.2 Å². The second-order valence-corrected chi connectivity index (χ2v) is 7.41. The highest BCUT2D eigenvalue weighted by atomic mass is 32.2. The second-order valence-electron chi connectivity index (χ2n) is 4.81. The lowest BCUT2D eigenvalue weighted by Crippen LogP contribution is -2.06. The maximum absolute atomic E-state index is 12.3. The molecule has 2 rings (SSSR count). The van der Waals surface area contributed by atoms with Gasteiger partial charge in [0.15, 0.2) is 0 Å². The molecule has 1 nitrogen and oxygen atoms in total. The summed E-state index contributed by atoms with van der Waals surface area (Å²) in [6, 6.07) is 8.60. The van der Waals surface area contributed by atoms with Gasteiger partial charge in [-0.2, -0.15) is 13.2 Å². The molecule has 114 valence electrons. The molecule has 0 amide bonds. The van der Waals surface area contributed by atoms with E-state index >= 15 is 0 Å². The van der Waals surface area contributed by atoms with Gasteiger partial charge in [-0.3, -0.25) is 0 Å². The average Bonchev–Trinajstić information content (AvgIpc) is 2.69. The Hall–Kier alpha value is -1.14. The van der Waals surface area contributed by atoms with E-state index in [1.165, 1.54) is 27.5 Å². The zero-order valence-electron chi connectivity index (χ0n) is 11.9. The smallest absolute Gasteiger partial charge is 0.378 e. The number of thiophene rings is 1. The van der Waals surface area contributed by atoms with Crippen molar-refractivity contribution in [3.8, 4) is 0 Å². The number of rotatable bonds is 4. The van der Waals surface area contributed by atoms with Crippen molar-refractivity contribution >= 4 is 28.8 Å². The van der Waals surface area contributed by atoms with E-state index in [1.54, 1.807) is 23.5 Å². The molecule has 0 aliphatic rings. The molecular formula is C15H16F3NS2. The van der Waals surface area contributed by atoms with Gasteiger partial charge in [0.1, 0.15) is 0 Å². The fourth-order valence-corrected chi connectivity index (χ4v) is 3.72. The van der Waals surface area contributed by atoms with Crippen molar-refractivity contribution in [1.29, 1.82) is 0 Å². The van der Waals surface area contributed by atoms with Crippen LogP contribution < -0.4 is 5.32 Å². The Labute approximate surface area is 130 Å². The number of hydrogen-bond donors (Lipinski definition) is 1. The monoisotopic (exact) mass is 331 g/mol. The maximum Gasteiger partial charge on any atom is 0.446 e. The Morgan fingerprint density at radius 3 is 2.24 bits per heavy atom. The van der Waals surface area contributed by atoms with Crippen LogP contribution in [0.4, 0.5) is 18.9 Å². The van der Waals surface area contributed by atoms with Crippen LogP contribution in [0.3, 0.4) is 0 Å². The predicted molar refractivity (Wildman–Crippen MR) is 84.2 cm³/mol. The molecule has 0 aliphatic heterocycles.